The smallest absolute Gasteiger partial charge is 0.399 e. The van der Waals surface area contributed by atoms with Crippen LogP contribution in [0.5, 0.6) is 0 Å². The molecule has 0 aliphatic carbocycles. The lowest BCUT2D eigenvalue weighted by Crippen LogP contribution is -2.32. The summed E-state index contributed by atoms with van der Waals surface area (Å²) in [6, 6.07) is 8.12. The number of nitrogens with one attached hydrogen (secondary N) is 1. The molecule has 12 heteroatoms. The van der Waals surface area contributed by atoms with Crippen LogP contribution in [-0.2, 0) is 6.18 Å². The van der Waals surface area contributed by atoms with Gasteiger partial charge in [-0.05, 0) is 61.7 Å². The number of nitrogens with zero attached hydrogens (tertiary/aromatic N) is 3. The van der Waals surface area contributed by atoms with E-state index in [1.807, 2.05) is 0 Å². The zero-order valence-electron chi connectivity index (χ0n) is 19.7. The van der Waals surface area contributed by atoms with E-state index in [0.29, 0.717) is 17.8 Å². The number of likely N-dealkylation sites (tertiary alicyclic amines) is 1. The molecule has 1 aromatic heterocycles. The van der Waals surface area contributed by atoms with E-state index in [4.69, 9.17) is 5.73 Å². The van der Waals surface area contributed by atoms with Gasteiger partial charge in [0.25, 0.3) is 17.4 Å². The molecule has 4 rings (SSSR count). The number of nitrogen functional groups attached to an aromatic ring is 1. The fourth-order valence-corrected chi connectivity index (χ4v) is 4.09. The molecule has 0 spiro atoms. The van der Waals surface area contributed by atoms with Crippen molar-refractivity contribution in [2.45, 2.75) is 32.0 Å². The van der Waals surface area contributed by atoms with Gasteiger partial charge in [0.05, 0.1) is 17.2 Å². The lowest BCUT2D eigenvalue weighted by molar-refractivity contribution is -0.137. The average molecular weight is 517 g/mol. The number of nitrogens with two attached hydrogens (primary N) is 1. The van der Waals surface area contributed by atoms with Crippen molar-refractivity contribution in [3.8, 4) is 5.69 Å². The van der Waals surface area contributed by atoms with Crippen LogP contribution in [0.4, 0.5) is 23.2 Å². The zero-order valence-corrected chi connectivity index (χ0v) is 19.7. The Balaban J connectivity index is 1.61. The molecule has 3 aromatic rings. The molecule has 1 fully saturated rings. The van der Waals surface area contributed by atoms with Crippen molar-refractivity contribution in [2.75, 3.05) is 18.8 Å². The van der Waals surface area contributed by atoms with E-state index in [1.54, 1.807) is 0 Å². The summed E-state index contributed by atoms with van der Waals surface area (Å²) in [5.41, 5.74) is 3.03. The van der Waals surface area contributed by atoms with Crippen LogP contribution >= 0.6 is 0 Å². The number of anilines is 1. The van der Waals surface area contributed by atoms with E-state index >= 15 is 4.39 Å². The van der Waals surface area contributed by atoms with E-state index in [0.717, 1.165) is 37.1 Å². The molecule has 1 aliphatic heterocycles. The maximum absolute atomic E-state index is 15.3. The third kappa shape index (κ3) is 5.47. The third-order valence-corrected chi connectivity index (χ3v) is 6.02. The highest BCUT2D eigenvalue weighted by atomic mass is 19.4. The van der Waals surface area contributed by atoms with Crippen LogP contribution in [0.1, 0.15) is 57.8 Å². The summed E-state index contributed by atoms with van der Waals surface area (Å²) in [5.74, 6) is -2.28. The first-order chi connectivity index (χ1) is 17.5. The summed E-state index contributed by atoms with van der Waals surface area (Å²) < 4.78 is 55.4. The predicted octanol–water partition coefficient (Wildman–Crippen LogP) is 3.70. The van der Waals surface area contributed by atoms with Crippen molar-refractivity contribution >= 4 is 17.5 Å². The maximum atomic E-state index is 15.3. The Morgan fingerprint density at radius 3 is 2.46 bits per heavy atom. The molecule has 1 aliphatic rings. The minimum absolute atomic E-state index is 0.105. The van der Waals surface area contributed by atoms with E-state index in [-0.39, 0.29) is 28.2 Å². The Kier molecular flexibility index (Phi) is 7.01. The van der Waals surface area contributed by atoms with Gasteiger partial charge >= 0.3 is 6.18 Å². The summed E-state index contributed by atoms with van der Waals surface area (Å²) in [6.45, 7) is 2.47. The second kappa shape index (κ2) is 10.0. The Morgan fingerprint density at radius 1 is 1.08 bits per heavy atom. The lowest BCUT2D eigenvalue weighted by Gasteiger charge is -2.18. The van der Waals surface area contributed by atoms with Gasteiger partial charge in [0.15, 0.2) is 5.82 Å². The van der Waals surface area contributed by atoms with Crippen LogP contribution in [0, 0.1) is 5.82 Å². The summed E-state index contributed by atoms with van der Waals surface area (Å²) in [4.78, 5) is 39.5. The van der Waals surface area contributed by atoms with E-state index in [9.17, 15) is 27.6 Å². The van der Waals surface area contributed by atoms with Gasteiger partial charge in [-0.25, -0.2) is 4.39 Å². The molecule has 1 saturated heterocycles. The number of benzene rings is 2. The normalized spacial score (nSPS) is 14.5. The van der Waals surface area contributed by atoms with Gasteiger partial charge in [-0.3, -0.25) is 14.4 Å². The highest BCUT2D eigenvalue weighted by molar-refractivity contribution is 5.95. The molecule has 8 nitrogen and oxygen atoms in total. The molecule has 0 bridgehead atoms. The molecule has 2 heterocycles. The maximum Gasteiger partial charge on any atom is 0.416 e. The zero-order chi connectivity index (χ0) is 26.9. The van der Waals surface area contributed by atoms with Crippen LogP contribution in [0.2, 0.25) is 0 Å². The highest BCUT2D eigenvalue weighted by Gasteiger charge is 2.31. The number of amides is 2. The van der Waals surface area contributed by atoms with Crippen LogP contribution < -0.4 is 16.6 Å². The quantitative estimate of drug-likeness (QED) is 0.396. The van der Waals surface area contributed by atoms with E-state index in [2.05, 4.69) is 10.4 Å². The van der Waals surface area contributed by atoms with Crippen molar-refractivity contribution in [1.29, 1.82) is 0 Å². The fourth-order valence-electron chi connectivity index (χ4n) is 4.09. The number of aromatic nitrogens is 2. The monoisotopic (exact) mass is 517 g/mol. The predicted molar refractivity (Wildman–Crippen MR) is 127 cm³/mol. The average Bonchev–Trinajstić information content (AvgIpc) is 3.38. The molecule has 0 radical (unpaired) electrons. The van der Waals surface area contributed by atoms with Gasteiger partial charge in [-0.1, -0.05) is 6.07 Å². The second-order valence-corrected chi connectivity index (χ2v) is 8.69. The first-order valence-electron chi connectivity index (χ1n) is 11.4. The van der Waals surface area contributed by atoms with Gasteiger partial charge < -0.3 is 16.0 Å². The SMILES string of the molecule is C[C@@H](NC(=O)c1ccc(=O)n(-c2cccc(C(=O)N3CCCC3)c2F)n1)c1cc(N)cc(C(F)(F)F)c1. The largest absolute Gasteiger partial charge is 0.416 e. The number of alkyl halides is 3. The number of carbonyl (C=O) groups excluding carboxylic acids is 2. The van der Waals surface area contributed by atoms with Crippen LogP contribution in [0.15, 0.2) is 53.3 Å². The molecule has 0 unspecified atom stereocenters. The number of carbonyl (C=O) groups is 2. The van der Waals surface area contributed by atoms with E-state index < -0.39 is 41.0 Å². The van der Waals surface area contributed by atoms with Gasteiger partial charge in [-0.2, -0.15) is 23.0 Å². The van der Waals surface area contributed by atoms with Crippen LogP contribution in [-0.4, -0.2) is 39.6 Å². The molecule has 2 amide bonds. The second-order valence-electron chi connectivity index (χ2n) is 8.69. The van der Waals surface area contributed by atoms with Gasteiger partial charge in [-0.15, -0.1) is 0 Å². The summed E-state index contributed by atoms with van der Waals surface area (Å²) in [7, 11) is 0. The lowest BCUT2D eigenvalue weighted by atomic mass is 10.0. The fraction of sp³-hybridized carbons (Fsp3) is 0.280. The van der Waals surface area contributed by atoms with Gasteiger partial charge in [0.1, 0.15) is 11.4 Å². The molecule has 1 atom stereocenters. The first-order valence-corrected chi connectivity index (χ1v) is 11.4. The molecule has 37 heavy (non-hydrogen) atoms. The number of hydrogen-bond donors (Lipinski definition) is 2. The topological polar surface area (TPSA) is 110 Å². The Morgan fingerprint density at radius 2 is 1.78 bits per heavy atom. The van der Waals surface area contributed by atoms with Crippen LogP contribution in [0.3, 0.4) is 0 Å². The van der Waals surface area contributed by atoms with Crippen molar-refractivity contribution in [2.24, 2.45) is 0 Å². The number of hydrogen-bond acceptors (Lipinski definition) is 5. The minimum atomic E-state index is -4.63. The van der Waals surface area contributed by atoms with Gasteiger partial charge in [0.2, 0.25) is 0 Å². The molecule has 0 saturated carbocycles. The standard InChI is InChI=1S/C25H23F4N5O3/c1-14(15-11-16(25(27,28)29)13-17(30)12-15)31-23(36)19-7-8-21(35)34(32-19)20-6-4-5-18(22(20)26)24(37)33-9-2-3-10-33/h4-8,11-14H,2-3,9-10,30H2,1H3,(H,31,36)/t14-/m1/s1. The van der Waals surface area contributed by atoms with Crippen molar-refractivity contribution < 1.29 is 27.2 Å². The van der Waals surface area contributed by atoms with Crippen molar-refractivity contribution in [1.82, 2.24) is 20.0 Å². The summed E-state index contributed by atoms with van der Waals surface area (Å²) >= 11 is 0. The Bertz CT molecular complexity index is 1410. The highest BCUT2D eigenvalue weighted by Crippen LogP contribution is 2.32. The number of rotatable bonds is 5. The molecule has 194 valence electrons. The summed E-state index contributed by atoms with van der Waals surface area (Å²) in [5, 5.41) is 6.45. The van der Waals surface area contributed by atoms with Crippen molar-refractivity contribution in [3.63, 3.8) is 0 Å². The van der Waals surface area contributed by atoms with Crippen molar-refractivity contribution in [3.05, 3.63) is 87.1 Å². The summed E-state index contributed by atoms with van der Waals surface area (Å²) in [6.07, 6.45) is -2.99. The first kappa shape index (κ1) is 25.9. The molecule has 2 aromatic carbocycles. The van der Waals surface area contributed by atoms with Gasteiger partial charge in [0, 0.05) is 24.8 Å². The molecule has 3 N–H and O–H groups in total. The van der Waals surface area contributed by atoms with Crippen LogP contribution in [0.25, 0.3) is 5.69 Å². The molecular weight excluding hydrogens is 494 g/mol. The van der Waals surface area contributed by atoms with E-state index in [1.165, 1.54) is 36.1 Å². The number of halogens is 4. The minimum Gasteiger partial charge on any atom is -0.399 e. The Hall–Kier alpha value is -4.22. The third-order valence-electron chi connectivity index (χ3n) is 6.02. The molecular formula is C25H23F4N5O3. The Labute approximate surface area is 208 Å².